The minimum absolute atomic E-state index is 0.0616. The van der Waals surface area contributed by atoms with Crippen LogP contribution in [0.3, 0.4) is 0 Å². The highest BCUT2D eigenvalue weighted by molar-refractivity contribution is 5.06. The normalized spacial score (nSPS) is 15.4. The van der Waals surface area contributed by atoms with Gasteiger partial charge in [0.05, 0.1) is 0 Å². The molecule has 0 amide bonds. The molecule has 1 atom stereocenters. The van der Waals surface area contributed by atoms with Crippen LogP contribution < -0.4 is 11.5 Å². The molecule has 1 unspecified atom stereocenters. The summed E-state index contributed by atoms with van der Waals surface area (Å²) in [6.45, 7) is 4.73. The van der Waals surface area contributed by atoms with Gasteiger partial charge >= 0.3 is 0 Å². The summed E-state index contributed by atoms with van der Waals surface area (Å²) < 4.78 is 0. The number of hydrogen-bond donors (Lipinski definition) is 2. The van der Waals surface area contributed by atoms with Crippen LogP contribution in [0.1, 0.15) is 26.7 Å². The van der Waals surface area contributed by atoms with E-state index in [1.165, 1.54) is 12.0 Å². The summed E-state index contributed by atoms with van der Waals surface area (Å²) in [4.78, 5) is 0. The van der Waals surface area contributed by atoms with Crippen LogP contribution in [0.25, 0.3) is 0 Å². The average molecular weight is 142 g/mol. The van der Waals surface area contributed by atoms with E-state index in [0.29, 0.717) is 6.54 Å². The Kier molecular flexibility index (Phi) is 5.26. The first-order chi connectivity index (χ1) is 4.72. The van der Waals surface area contributed by atoms with Gasteiger partial charge in [-0.15, -0.1) is 0 Å². The van der Waals surface area contributed by atoms with Gasteiger partial charge in [0.15, 0.2) is 0 Å². The third kappa shape index (κ3) is 3.64. The number of hydrogen-bond acceptors (Lipinski definition) is 2. The van der Waals surface area contributed by atoms with E-state index in [2.05, 4.69) is 13.0 Å². The van der Waals surface area contributed by atoms with E-state index in [1.807, 2.05) is 6.92 Å². The highest BCUT2D eigenvalue weighted by Crippen LogP contribution is 2.00. The molecule has 0 aliphatic heterocycles. The first-order valence-electron chi connectivity index (χ1n) is 3.84. The lowest BCUT2D eigenvalue weighted by Gasteiger charge is -2.08. The molecule has 0 spiro atoms. The lowest BCUT2D eigenvalue weighted by atomic mass is 10.1. The minimum atomic E-state index is 0.0616. The van der Waals surface area contributed by atoms with Gasteiger partial charge in [-0.2, -0.15) is 0 Å². The lowest BCUT2D eigenvalue weighted by molar-refractivity contribution is 0.767. The summed E-state index contributed by atoms with van der Waals surface area (Å²) in [5, 5.41) is 0. The molecule has 0 rings (SSSR count). The molecule has 2 nitrogen and oxygen atoms in total. The molecule has 0 bridgehead atoms. The van der Waals surface area contributed by atoms with Gasteiger partial charge in [0.1, 0.15) is 0 Å². The molecule has 0 saturated carbocycles. The van der Waals surface area contributed by atoms with Crippen LogP contribution >= 0.6 is 0 Å². The maximum Gasteiger partial charge on any atom is 0.0375 e. The molecule has 10 heavy (non-hydrogen) atoms. The molecule has 0 heterocycles. The predicted molar refractivity (Wildman–Crippen MR) is 45.7 cm³/mol. The summed E-state index contributed by atoms with van der Waals surface area (Å²) in [7, 11) is 0. The van der Waals surface area contributed by atoms with Gasteiger partial charge in [0.2, 0.25) is 0 Å². The molecule has 0 saturated heterocycles. The van der Waals surface area contributed by atoms with E-state index in [4.69, 9.17) is 11.5 Å². The van der Waals surface area contributed by atoms with Crippen LogP contribution in [-0.2, 0) is 0 Å². The highest BCUT2D eigenvalue weighted by atomic mass is 14.7. The Morgan fingerprint density at radius 1 is 1.60 bits per heavy atom. The van der Waals surface area contributed by atoms with Crippen LogP contribution in [0.5, 0.6) is 0 Å². The van der Waals surface area contributed by atoms with Crippen molar-refractivity contribution in [1.82, 2.24) is 0 Å². The van der Waals surface area contributed by atoms with Gasteiger partial charge in [-0.25, -0.2) is 0 Å². The summed E-state index contributed by atoms with van der Waals surface area (Å²) >= 11 is 0. The summed E-state index contributed by atoms with van der Waals surface area (Å²) in [6.07, 6.45) is 4.45. The molecule has 60 valence electrons. The number of unbranched alkanes of at least 4 members (excludes halogenated alkanes) is 1. The summed E-state index contributed by atoms with van der Waals surface area (Å²) in [5.41, 5.74) is 12.3. The maximum absolute atomic E-state index is 5.66. The minimum Gasteiger partial charge on any atom is -0.329 e. The number of nitrogens with two attached hydrogens (primary N) is 2. The quantitative estimate of drug-likeness (QED) is 0.576. The van der Waals surface area contributed by atoms with Gasteiger partial charge in [0.25, 0.3) is 0 Å². The van der Waals surface area contributed by atoms with Crippen molar-refractivity contribution >= 4 is 0 Å². The Morgan fingerprint density at radius 3 is 2.60 bits per heavy atom. The number of rotatable bonds is 4. The predicted octanol–water partition coefficient (Wildman–Crippen LogP) is 1.02. The van der Waals surface area contributed by atoms with Crippen molar-refractivity contribution in [3.63, 3.8) is 0 Å². The van der Waals surface area contributed by atoms with E-state index in [0.717, 1.165) is 6.42 Å². The van der Waals surface area contributed by atoms with Crippen LogP contribution in [0, 0.1) is 0 Å². The third-order valence-electron chi connectivity index (χ3n) is 1.59. The lowest BCUT2D eigenvalue weighted by Crippen LogP contribution is -2.30. The van der Waals surface area contributed by atoms with Gasteiger partial charge in [-0.05, 0) is 13.3 Å². The standard InChI is InChI=1S/C8H18N2/c1-3-4-5-7(2)8(10)6-9/h5,8H,3-4,6,9-10H2,1-2H3/b7-5+. The molecule has 0 aromatic heterocycles. The second kappa shape index (κ2) is 5.45. The largest absolute Gasteiger partial charge is 0.329 e. The first kappa shape index (κ1) is 9.66. The fourth-order valence-electron chi connectivity index (χ4n) is 0.709. The Balaban J connectivity index is 3.67. The van der Waals surface area contributed by atoms with Crippen molar-refractivity contribution in [2.45, 2.75) is 32.7 Å². The van der Waals surface area contributed by atoms with Crippen LogP contribution in [-0.4, -0.2) is 12.6 Å². The molecule has 0 aromatic carbocycles. The van der Waals surface area contributed by atoms with Crippen molar-refractivity contribution in [1.29, 1.82) is 0 Å². The van der Waals surface area contributed by atoms with Crippen molar-refractivity contribution in [3.05, 3.63) is 11.6 Å². The van der Waals surface area contributed by atoms with Crippen molar-refractivity contribution < 1.29 is 0 Å². The van der Waals surface area contributed by atoms with Crippen LogP contribution in [0.4, 0.5) is 0 Å². The second-order valence-corrected chi connectivity index (χ2v) is 2.58. The molecule has 2 heteroatoms. The van der Waals surface area contributed by atoms with Crippen molar-refractivity contribution in [3.8, 4) is 0 Å². The molecule has 0 aliphatic carbocycles. The van der Waals surface area contributed by atoms with Crippen molar-refractivity contribution in [2.24, 2.45) is 11.5 Å². The third-order valence-corrected chi connectivity index (χ3v) is 1.59. The molecule has 0 aliphatic rings. The Bertz CT molecular complexity index is 108. The Labute approximate surface area is 63.3 Å². The van der Waals surface area contributed by atoms with Gasteiger partial charge < -0.3 is 11.5 Å². The summed E-state index contributed by atoms with van der Waals surface area (Å²) in [6, 6.07) is 0.0616. The Morgan fingerprint density at radius 2 is 2.20 bits per heavy atom. The van der Waals surface area contributed by atoms with Gasteiger partial charge in [-0.3, -0.25) is 0 Å². The molecule has 0 aromatic rings. The fraction of sp³-hybridized carbons (Fsp3) is 0.750. The fourth-order valence-corrected chi connectivity index (χ4v) is 0.709. The average Bonchev–Trinajstić information content (AvgIpc) is 1.98. The first-order valence-corrected chi connectivity index (χ1v) is 3.84. The van der Waals surface area contributed by atoms with Gasteiger partial charge in [0, 0.05) is 12.6 Å². The van der Waals surface area contributed by atoms with Crippen molar-refractivity contribution in [2.75, 3.05) is 6.54 Å². The zero-order chi connectivity index (χ0) is 7.98. The smallest absolute Gasteiger partial charge is 0.0375 e. The van der Waals surface area contributed by atoms with E-state index < -0.39 is 0 Å². The molecular weight excluding hydrogens is 124 g/mol. The Hall–Kier alpha value is -0.340. The molecular formula is C8H18N2. The summed E-state index contributed by atoms with van der Waals surface area (Å²) in [5.74, 6) is 0. The zero-order valence-corrected chi connectivity index (χ0v) is 6.93. The molecule has 0 radical (unpaired) electrons. The van der Waals surface area contributed by atoms with E-state index in [-0.39, 0.29) is 6.04 Å². The SMILES string of the molecule is CCC/C=C(\C)C(N)CN. The van der Waals surface area contributed by atoms with E-state index >= 15 is 0 Å². The zero-order valence-electron chi connectivity index (χ0n) is 6.93. The van der Waals surface area contributed by atoms with E-state index in [9.17, 15) is 0 Å². The van der Waals surface area contributed by atoms with Gasteiger partial charge in [-0.1, -0.05) is 25.0 Å². The highest BCUT2D eigenvalue weighted by Gasteiger charge is 1.98. The molecule has 4 N–H and O–H groups in total. The van der Waals surface area contributed by atoms with Crippen LogP contribution in [0.15, 0.2) is 11.6 Å². The monoisotopic (exact) mass is 142 g/mol. The molecule has 0 fully saturated rings. The topological polar surface area (TPSA) is 52.0 Å². The van der Waals surface area contributed by atoms with Crippen LogP contribution in [0.2, 0.25) is 0 Å². The van der Waals surface area contributed by atoms with E-state index in [1.54, 1.807) is 0 Å². The second-order valence-electron chi connectivity index (χ2n) is 2.58. The number of allylic oxidation sites excluding steroid dienone is 1. The maximum atomic E-state index is 5.66.